The first kappa shape index (κ1) is 23.1. The molecule has 0 bridgehead atoms. The average Bonchev–Trinajstić information content (AvgIpc) is 3.28. The lowest BCUT2D eigenvalue weighted by molar-refractivity contribution is 0.409. The first-order valence-electron chi connectivity index (χ1n) is 9.99. The number of aliphatic imine (C=N–C) groups is 1. The fourth-order valence-electron chi connectivity index (χ4n) is 3.25. The van der Waals surface area contributed by atoms with Crippen LogP contribution in [-0.4, -0.2) is 38.3 Å². The molecule has 2 N–H and O–H groups in total. The molecule has 1 fully saturated rings. The summed E-state index contributed by atoms with van der Waals surface area (Å²) in [6.45, 7) is 5.48. The summed E-state index contributed by atoms with van der Waals surface area (Å²) in [6.07, 6.45) is 10.3. The maximum absolute atomic E-state index is 4.77. The zero-order valence-corrected chi connectivity index (χ0v) is 20.2. The standard InChI is InChI=1S/C19H31N7S.HI/c1-4-16-12-21-18(27-16)10-11-20-19(23-15-8-6-5-7-9-15)22-13-17-25-24-14(2)26(17)3;/h12,15H,4-11,13H2,1-3H3,(H2,20,22,23);1H. The number of aromatic nitrogens is 4. The molecule has 9 heteroatoms. The first-order valence-corrected chi connectivity index (χ1v) is 10.8. The van der Waals surface area contributed by atoms with Crippen LogP contribution in [-0.2, 0) is 26.4 Å². The van der Waals surface area contributed by atoms with Crippen molar-refractivity contribution in [1.29, 1.82) is 0 Å². The molecule has 2 aromatic rings. The average molecular weight is 517 g/mol. The van der Waals surface area contributed by atoms with E-state index in [0.717, 1.165) is 37.0 Å². The highest BCUT2D eigenvalue weighted by Crippen LogP contribution is 2.17. The fraction of sp³-hybridized carbons (Fsp3) is 0.684. The molecule has 156 valence electrons. The van der Waals surface area contributed by atoms with Crippen molar-refractivity contribution in [3.63, 3.8) is 0 Å². The van der Waals surface area contributed by atoms with Gasteiger partial charge in [-0.05, 0) is 26.2 Å². The van der Waals surface area contributed by atoms with E-state index in [4.69, 9.17) is 4.99 Å². The molecule has 1 aliphatic rings. The van der Waals surface area contributed by atoms with E-state index < -0.39 is 0 Å². The Morgan fingerprint density at radius 2 is 2.07 bits per heavy atom. The molecule has 7 nitrogen and oxygen atoms in total. The molecule has 2 heterocycles. The van der Waals surface area contributed by atoms with Crippen molar-refractivity contribution in [3.05, 3.63) is 27.7 Å². The molecule has 0 aromatic carbocycles. The van der Waals surface area contributed by atoms with Crippen molar-refractivity contribution in [1.82, 2.24) is 30.4 Å². The van der Waals surface area contributed by atoms with Gasteiger partial charge in [0.2, 0.25) is 0 Å². The number of aryl methyl sites for hydroxylation is 2. The lowest BCUT2D eigenvalue weighted by atomic mass is 9.96. The van der Waals surface area contributed by atoms with Crippen LogP contribution in [0.15, 0.2) is 11.2 Å². The first-order chi connectivity index (χ1) is 13.2. The largest absolute Gasteiger partial charge is 0.356 e. The Labute approximate surface area is 188 Å². The smallest absolute Gasteiger partial charge is 0.191 e. The highest BCUT2D eigenvalue weighted by Gasteiger charge is 2.15. The number of thiazole rings is 1. The number of rotatable bonds is 7. The maximum atomic E-state index is 4.77. The summed E-state index contributed by atoms with van der Waals surface area (Å²) in [5.74, 6) is 2.66. The van der Waals surface area contributed by atoms with Gasteiger partial charge in [0, 0.05) is 37.1 Å². The summed E-state index contributed by atoms with van der Waals surface area (Å²) < 4.78 is 1.99. The van der Waals surface area contributed by atoms with E-state index in [0.29, 0.717) is 12.6 Å². The second-order valence-electron chi connectivity index (χ2n) is 7.12. The number of halogens is 1. The lowest BCUT2D eigenvalue weighted by Crippen LogP contribution is -2.44. The van der Waals surface area contributed by atoms with Gasteiger partial charge >= 0.3 is 0 Å². The second-order valence-corrected chi connectivity index (χ2v) is 8.32. The van der Waals surface area contributed by atoms with Gasteiger partial charge in [0.1, 0.15) is 12.4 Å². The molecule has 0 spiro atoms. The Morgan fingerprint density at radius 3 is 2.71 bits per heavy atom. The predicted molar refractivity (Wildman–Crippen MR) is 126 cm³/mol. The Kier molecular flexibility index (Phi) is 9.63. The van der Waals surface area contributed by atoms with E-state index in [1.165, 1.54) is 42.0 Å². The summed E-state index contributed by atoms with van der Waals surface area (Å²) >= 11 is 1.80. The zero-order chi connectivity index (χ0) is 19.1. The van der Waals surface area contributed by atoms with Crippen LogP contribution in [0.3, 0.4) is 0 Å². The summed E-state index contributed by atoms with van der Waals surface area (Å²) in [5.41, 5.74) is 0. The molecule has 0 atom stereocenters. The van der Waals surface area contributed by atoms with Gasteiger partial charge in [-0.3, -0.25) is 0 Å². The SMILES string of the molecule is CCc1cnc(CCNC(=NCc2nnc(C)n2C)NC2CCCCC2)s1.I. The third kappa shape index (κ3) is 6.68. The third-order valence-electron chi connectivity index (χ3n) is 5.09. The van der Waals surface area contributed by atoms with Gasteiger partial charge in [-0.1, -0.05) is 26.2 Å². The van der Waals surface area contributed by atoms with Gasteiger partial charge in [-0.15, -0.1) is 45.5 Å². The quantitative estimate of drug-likeness (QED) is 0.335. The molecule has 0 radical (unpaired) electrons. The van der Waals surface area contributed by atoms with Gasteiger partial charge < -0.3 is 15.2 Å². The second kappa shape index (κ2) is 11.7. The van der Waals surface area contributed by atoms with Crippen LogP contribution >= 0.6 is 35.3 Å². The fourth-order valence-corrected chi connectivity index (χ4v) is 4.11. The van der Waals surface area contributed by atoms with E-state index in [-0.39, 0.29) is 24.0 Å². The summed E-state index contributed by atoms with van der Waals surface area (Å²) in [6, 6.07) is 0.512. The minimum Gasteiger partial charge on any atom is -0.356 e. The van der Waals surface area contributed by atoms with Crippen molar-refractivity contribution < 1.29 is 0 Å². The minimum absolute atomic E-state index is 0. The van der Waals surface area contributed by atoms with Gasteiger partial charge in [0.25, 0.3) is 0 Å². The number of guanidine groups is 1. The molecule has 1 aliphatic carbocycles. The normalized spacial score (nSPS) is 15.3. The van der Waals surface area contributed by atoms with Crippen LogP contribution in [0, 0.1) is 6.92 Å². The number of nitrogens with one attached hydrogen (secondary N) is 2. The van der Waals surface area contributed by atoms with E-state index >= 15 is 0 Å². The van der Waals surface area contributed by atoms with Gasteiger partial charge in [0.15, 0.2) is 11.8 Å². The molecule has 28 heavy (non-hydrogen) atoms. The third-order valence-corrected chi connectivity index (χ3v) is 6.29. The van der Waals surface area contributed by atoms with Crippen molar-refractivity contribution in [3.8, 4) is 0 Å². The van der Waals surface area contributed by atoms with E-state index in [1.54, 1.807) is 11.3 Å². The predicted octanol–water partition coefficient (Wildman–Crippen LogP) is 3.37. The van der Waals surface area contributed by atoms with Crippen LogP contribution in [0.2, 0.25) is 0 Å². The van der Waals surface area contributed by atoms with Gasteiger partial charge in [0.05, 0.1) is 5.01 Å². The lowest BCUT2D eigenvalue weighted by Gasteiger charge is -2.25. The van der Waals surface area contributed by atoms with Crippen LogP contribution < -0.4 is 10.6 Å². The number of hydrogen-bond acceptors (Lipinski definition) is 5. The van der Waals surface area contributed by atoms with Crippen LogP contribution in [0.4, 0.5) is 0 Å². The Balaban J connectivity index is 0.00000280. The highest BCUT2D eigenvalue weighted by atomic mass is 127. The van der Waals surface area contributed by atoms with E-state index in [1.807, 2.05) is 24.7 Å². The number of nitrogens with zero attached hydrogens (tertiary/aromatic N) is 5. The number of hydrogen-bond donors (Lipinski definition) is 2. The van der Waals surface area contributed by atoms with Gasteiger partial charge in [-0.25, -0.2) is 9.98 Å². The minimum atomic E-state index is 0. The van der Waals surface area contributed by atoms with Crippen LogP contribution in [0.1, 0.15) is 60.6 Å². The Bertz CT molecular complexity index is 749. The molecule has 0 saturated heterocycles. The Morgan fingerprint density at radius 1 is 1.29 bits per heavy atom. The molecule has 0 amide bonds. The molecule has 0 unspecified atom stereocenters. The zero-order valence-electron chi connectivity index (χ0n) is 17.1. The van der Waals surface area contributed by atoms with Crippen molar-refractivity contribution in [2.75, 3.05) is 6.54 Å². The molecular weight excluding hydrogens is 485 g/mol. The van der Waals surface area contributed by atoms with Crippen molar-refractivity contribution in [2.45, 2.75) is 71.4 Å². The van der Waals surface area contributed by atoms with Crippen molar-refractivity contribution >= 4 is 41.3 Å². The van der Waals surface area contributed by atoms with E-state index in [9.17, 15) is 0 Å². The molecule has 3 rings (SSSR count). The molecule has 0 aliphatic heterocycles. The summed E-state index contributed by atoms with van der Waals surface area (Å²) in [5, 5.41) is 16.6. The van der Waals surface area contributed by atoms with Crippen molar-refractivity contribution in [2.24, 2.45) is 12.0 Å². The summed E-state index contributed by atoms with van der Waals surface area (Å²) in [7, 11) is 1.98. The van der Waals surface area contributed by atoms with Gasteiger partial charge in [-0.2, -0.15) is 0 Å². The topological polar surface area (TPSA) is 80.0 Å². The maximum Gasteiger partial charge on any atom is 0.191 e. The monoisotopic (exact) mass is 517 g/mol. The Hall–Kier alpha value is -1.23. The molecule has 1 saturated carbocycles. The van der Waals surface area contributed by atoms with E-state index in [2.05, 4.69) is 32.7 Å². The van der Waals surface area contributed by atoms with Crippen LogP contribution in [0.25, 0.3) is 0 Å². The highest BCUT2D eigenvalue weighted by molar-refractivity contribution is 14.0. The molecular formula is C19H32IN7S. The molecule has 2 aromatic heterocycles. The summed E-state index contributed by atoms with van der Waals surface area (Å²) in [4.78, 5) is 10.6. The van der Waals surface area contributed by atoms with Crippen LogP contribution in [0.5, 0.6) is 0 Å².